The molecule has 2 aromatic rings. The third-order valence-electron chi connectivity index (χ3n) is 6.46. The van der Waals surface area contributed by atoms with Crippen LogP contribution in [0.25, 0.3) is 0 Å². The van der Waals surface area contributed by atoms with Gasteiger partial charge in [-0.3, -0.25) is 4.79 Å². The number of hydrogen-bond donors (Lipinski definition) is 1. The van der Waals surface area contributed by atoms with E-state index in [1.165, 1.54) is 12.0 Å². The maximum absolute atomic E-state index is 12.9. The molecular formula is C23H30N4O. The molecule has 2 aliphatic rings. The highest BCUT2D eigenvalue weighted by molar-refractivity contribution is 5.94. The molecule has 0 saturated carbocycles. The number of pyridine rings is 1. The molecule has 1 amide bonds. The third-order valence-corrected chi connectivity index (χ3v) is 6.46. The summed E-state index contributed by atoms with van der Waals surface area (Å²) in [4.78, 5) is 21.7. The van der Waals surface area contributed by atoms with E-state index in [-0.39, 0.29) is 5.91 Å². The van der Waals surface area contributed by atoms with E-state index in [9.17, 15) is 4.79 Å². The summed E-state index contributed by atoms with van der Waals surface area (Å²) in [5, 5.41) is 3.01. The number of likely N-dealkylation sites (N-methyl/N-ethyl adjacent to an activating group) is 1. The second-order valence-electron chi connectivity index (χ2n) is 8.48. The molecule has 1 atom stereocenters. The van der Waals surface area contributed by atoms with Crippen LogP contribution in [0.4, 0.5) is 5.82 Å². The lowest BCUT2D eigenvalue weighted by atomic mass is 9.68. The molecule has 5 nitrogen and oxygen atoms in total. The molecule has 2 aliphatic heterocycles. The van der Waals surface area contributed by atoms with Gasteiger partial charge in [0, 0.05) is 45.0 Å². The van der Waals surface area contributed by atoms with E-state index in [4.69, 9.17) is 0 Å². The van der Waals surface area contributed by atoms with Gasteiger partial charge in [0.15, 0.2) is 0 Å². The van der Waals surface area contributed by atoms with Crippen molar-refractivity contribution < 1.29 is 4.79 Å². The average Bonchev–Trinajstić information content (AvgIpc) is 2.74. The predicted octanol–water partition coefficient (Wildman–Crippen LogP) is 3.47. The Morgan fingerprint density at radius 2 is 1.93 bits per heavy atom. The van der Waals surface area contributed by atoms with Crippen LogP contribution < -0.4 is 5.32 Å². The number of amides is 1. The molecule has 1 spiro atoms. The molecule has 148 valence electrons. The molecule has 5 heteroatoms. The topological polar surface area (TPSA) is 48.5 Å². The van der Waals surface area contributed by atoms with Crippen molar-refractivity contribution >= 4 is 11.7 Å². The van der Waals surface area contributed by atoms with Crippen molar-refractivity contribution in [2.45, 2.75) is 25.2 Å². The fraction of sp³-hybridized carbons (Fsp3) is 0.478. The summed E-state index contributed by atoms with van der Waals surface area (Å²) in [5.74, 6) is 1.44. The summed E-state index contributed by atoms with van der Waals surface area (Å²) >= 11 is 0. The van der Waals surface area contributed by atoms with Gasteiger partial charge >= 0.3 is 0 Å². The second-order valence-corrected chi connectivity index (χ2v) is 8.48. The summed E-state index contributed by atoms with van der Waals surface area (Å²) in [5.41, 5.74) is 2.49. The summed E-state index contributed by atoms with van der Waals surface area (Å²) in [6.45, 7) is 3.94. The molecule has 1 aromatic carbocycles. The first-order valence-electron chi connectivity index (χ1n) is 10.3. The smallest absolute Gasteiger partial charge is 0.254 e. The molecule has 1 aromatic heterocycles. The lowest BCUT2D eigenvalue weighted by molar-refractivity contribution is 0.0224. The van der Waals surface area contributed by atoms with Crippen molar-refractivity contribution in [3.05, 3.63) is 59.8 Å². The van der Waals surface area contributed by atoms with Gasteiger partial charge in [0.1, 0.15) is 5.82 Å². The first kappa shape index (κ1) is 18.9. The Hall–Kier alpha value is -2.40. The molecule has 2 saturated heterocycles. The number of hydrogen-bond acceptors (Lipinski definition) is 4. The van der Waals surface area contributed by atoms with Gasteiger partial charge in [0.2, 0.25) is 0 Å². The average molecular weight is 379 g/mol. The second kappa shape index (κ2) is 7.92. The standard InChI is InChI=1S/C23H30N4O/c1-24-21-14-19(8-11-25-21)22(28)27-12-9-23(10-13-27)15-20(16-26(2)17-23)18-6-4-3-5-7-18/h3-8,11,14,20H,9-10,12-13,15-17H2,1-2H3,(H,24,25)/t20-/m1/s1. The molecule has 0 aliphatic carbocycles. The lowest BCUT2D eigenvalue weighted by Gasteiger charge is -2.49. The van der Waals surface area contributed by atoms with Gasteiger partial charge in [-0.1, -0.05) is 30.3 Å². The number of nitrogens with zero attached hydrogens (tertiary/aromatic N) is 3. The number of aromatic nitrogens is 1. The van der Waals surface area contributed by atoms with Crippen LogP contribution in [0.15, 0.2) is 48.7 Å². The summed E-state index contributed by atoms with van der Waals surface area (Å²) < 4.78 is 0. The highest BCUT2D eigenvalue weighted by Crippen LogP contribution is 2.44. The van der Waals surface area contributed by atoms with Gasteiger partial charge in [0.25, 0.3) is 5.91 Å². The zero-order chi connectivity index (χ0) is 19.6. The van der Waals surface area contributed by atoms with Gasteiger partial charge in [0.05, 0.1) is 0 Å². The van der Waals surface area contributed by atoms with Gasteiger partial charge < -0.3 is 15.1 Å². The number of carbonyl (C=O) groups is 1. The molecule has 28 heavy (non-hydrogen) atoms. The zero-order valence-electron chi connectivity index (χ0n) is 16.9. The number of likely N-dealkylation sites (tertiary alicyclic amines) is 2. The Morgan fingerprint density at radius 3 is 2.64 bits per heavy atom. The van der Waals surface area contributed by atoms with Crippen LogP contribution in [-0.2, 0) is 0 Å². The highest BCUT2D eigenvalue weighted by atomic mass is 16.2. The molecule has 2 fully saturated rings. The lowest BCUT2D eigenvalue weighted by Crippen LogP contribution is -2.51. The minimum absolute atomic E-state index is 0.123. The predicted molar refractivity (Wildman–Crippen MR) is 113 cm³/mol. The number of benzene rings is 1. The monoisotopic (exact) mass is 378 g/mol. The minimum atomic E-state index is 0.123. The van der Waals surface area contributed by atoms with E-state index in [2.05, 4.69) is 52.6 Å². The fourth-order valence-corrected chi connectivity index (χ4v) is 5.04. The van der Waals surface area contributed by atoms with E-state index in [1.54, 1.807) is 6.20 Å². The van der Waals surface area contributed by atoms with E-state index < -0.39 is 0 Å². The van der Waals surface area contributed by atoms with Crippen LogP contribution >= 0.6 is 0 Å². The Labute approximate surface area is 167 Å². The van der Waals surface area contributed by atoms with Crippen molar-refractivity contribution in [2.75, 3.05) is 45.6 Å². The highest BCUT2D eigenvalue weighted by Gasteiger charge is 2.42. The summed E-state index contributed by atoms with van der Waals surface area (Å²) in [6.07, 6.45) is 5.08. The number of piperidine rings is 2. The molecule has 4 rings (SSSR count). The van der Waals surface area contributed by atoms with Crippen molar-refractivity contribution in [3.63, 3.8) is 0 Å². The number of rotatable bonds is 3. The molecular weight excluding hydrogens is 348 g/mol. The largest absolute Gasteiger partial charge is 0.373 e. The maximum Gasteiger partial charge on any atom is 0.254 e. The molecule has 0 unspecified atom stereocenters. The van der Waals surface area contributed by atoms with Gasteiger partial charge in [-0.2, -0.15) is 0 Å². The van der Waals surface area contributed by atoms with E-state index in [0.29, 0.717) is 11.3 Å². The van der Waals surface area contributed by atoms with Crippen LogP contribution in [0.2, 0.25) is 0 Å². The zero-order valence-corrected chi connectivity index (χ0v) is 16.9. The molecule has 1 N–H and O–H groups in total. The van der Waals surface area contributed by atoms with Gasteiger partial charge in [-0.05, 0) is 55.3 Å². The van der Waals surface area contributed by atoms with Crippen LogP contribution in [0.5, 0.6) is 0 Å². The maximum atomic E-state index is 12.9. The molecule has 3 heterocycles. The number of anilines is 1. The van der Waals surface area contributed by atoms with E-state index >= 15 is 0 Å². The van der Waals surface area contributed by atoms with Crippen LogP contribution in [0, 0.1) is 5.41 Å². The molecule has 0 radical (unpaired) electrons. The SMILES string of the molecule is CNc1cc(C(=O)N2CCC3(CC2)C[C@@H](c2ccccc2)CN(C)C3)ccn1. The third kappa shape index (κ3) is 3.90. The van der Waals surface area contributed by atoms with Crippen molar-refractivity contribution in [2.24, 2.45) is 5.41 Å². The molecule has 0 bridgehead atoms. The Bertz CT molecular complexity index is 814. The Morgan fingerprint density at radius 1 is 1.18 bits per heavy atom. The van der Waals surface area contributed by atoms with Crippen LogP contribution in [-0.4, -0.2) is 61.0 Å². The van der Waals surface area contributed by atoms with Crippen molar-refractivity contribution in [1.82, 2.24) is 14.8 Å². The fourth-order valence-electron chi connectivity index (χ4n) is 5.04. The van der Waals surface area contributed by atoms with Crippen molar-refractivity contribution in [3.8, 4) is 0 Å². The minimum Gasteiger partial charge on any atom is -0.373 e. The first-order valence-corrected chi connectivity index (χ1v) is 10.3. The van der Waals surface area contributed by atoms with Gasteiger partial charge in [-0.25, -0.2) is 4.98 Å². The summed E-state index contributed by atoms with van der Waals surface area (Å²) in [7, 11) is 4.06. The number of carbonyl (C=O) groups excluding carboxylic acids is 1. The van der Waals surface area contributed by atoms with E-state index in [1.807, 2.05) is 24.1 Å². The van der Waals surface area contributed by atoms with Crippen LogP contribution in [0.1, 0.15) is 41.1 Å². The summed E-state index contributed by atoms with van der Waals surface area (Å²) in [6, 6.07) is 14.6. The van der Waals surface area contributed by atoms with Gasteiger partial charge in [-0.15, -0.1) is 0 Å². The Balaban J connectivity index is 1.44. The first-order chi connectivity index (χ1) is 13.6. The van der Waals surface area contributed by atoms with E-state index in [0.717, 1.165) is 50.4 Å². The number of nitrogens with one attached hydrogen (secondary N) is 1. The quantitative estimate of drug-likeness (QED) is 0.889. The Kier molecular flexibility index (Phi) is 5.36. The van der Waals surface area contributed by atoms with Crippen LogP contribution in [0.3, 0.4) is 0 Å². The normalized spacial score (nSPS) is 22.2. The van der Waals surface area contributed by atoms with Crippen molar-refractivity contribution in [1.29, 1.82) is 0 Å².